The molecule has 240 valence electrons. The summed E-state index contributed by atoms with van der Waals surface area (Å²) in [6.45, 7) is 3.68. The number of alkyl halides is 1. The third kappa shape index (κ3) is 6.41. The van der Waals surface area contributed by atoms with Crippen molar-refractivity contribution in [2.75, 3.05) is 11.1 Å². The van der Waals surface area contributed by atoms with E-state index in [2.05, 4.69) is 25.3 Å². The molecule has 1 aliphatic rings. The fourth-order valence-electron chi connectivity index (χ4n) is 4.99. The van der Waals surface area contributed by atoms with E-state index in [-0.39, 0.29) is 12.3 Å². The van der Waals surface area contributed by atoms with E-state index in [0.717, 1.165) is 27.7 Å². The first-order valence-corrected chi connectivity index (χ1v) is 14.7. The molecule has 0 bridgehead atoms. The second-order valence-electron chi connectivity index (χ2n) is 11.4. The van der Waals surface area contributed by atoms with Crippen molar-refractivity contribution in [3.05, 3.63) is 84.0 Å². The molecule has 13 nitrogen and oxygen atoms in total. The van der Waals surface area contributed by atoms with E-state index in [1.807, 2.05) is 50.7 Å². The summed E-state index contributed by atoms with van der Waals surface area (Å²) in [5, 5.41) is 20.5. The zero-order chi connectivity index (χ0) is 34.1. The number of rotatable bonds is 6. The number of aryl methyl sites for hydroxylation is 4. The Kier molecular flexibility index (Phi) is 8.31. The maximum Gasteiger partial charge on any atom is 0.230 e. The molecule has 6 aromatic rings. The van der Waals surface area contributed by atoms with Crippen LogP contribution in [-0.4, -0.2) is 41.1 Å². The zero-order valence-corrected chi connectivity index (χ0v) is 26.4. The summed E-state index contributed by atoms with van der Waals surface area (Å²) in [5.74, 6) is 1.22. The highest BCUT2D eigenvalue weighted by molar-refractivity contribution is 6.02. The number of aromatic nitrogens is 6. The molecular formula is C34H29FN10O3. The van der Waals surface area contributed by atoms with Crippen molar-refractivity contribution in [1.82, 2.24) is 29.1 Å². The minimum atomic E-state index is -1.07. The predicted molar refractivity (Wildman–Crippen MR) is 175 cm³/mol. The maximum atomic E-state index is 13.2. The second kappa shape index (κ2) is 12.7. The highest BCUT2D eigenvalue weighted by Gasteiger charge is 2.43. The first-order valence-electron chi connectivity index (χ1n) is 14.7. The van der Waals surface area contributed by atoms with Crippen molar-refractivity contribution >= 4 is 39.3 Å². The average molecular weight is 645 g/mol. The molecule has 7 rings (SSSR count). The standard InChI is InChI=1S/C19H16FN5O2.C15H13N5O/c1-10-3-11(7-21)22-8-17(10)27-12-4-15(24-19(26)13-6-14(13)20)18-16(5-12)25(2)9-23-18;1-9-3-10(6-16)18-7-14(9)21-11-4-12(17)15-13(5-11)20(2)8-19-15/h3-5,8-9,13-14H,6H2,1-2H3,(H,24,26);3-5,7-8H,17H2,1-2H3/t13-,14+;/m0./s1. The van der Waals surface area contributed by atoms with Gasteiger partial charge in [0.25, 0.3) is 0 Å². The van der Waals surface area contributed by atoms with Crippen LogP contribution in [0.15, 0.2) is 61.4 Å². The number of anilines is 2. The van der Waals surface area contributed by atoms with Gasteiger partial charge >= 0.3 is 0 Å². The highest BCUT2D eigenvalue weighted by atomic mass is 19.1. The Morgan fingerprint density at radius 2 is 1.35 bits per heavy atom. The first kappa shape index (κ1) is 31.4. The number of ether oxygens (including phenoxy) is 2. The number of benzene rings is 2. The van der Waals surface area contributed by atoms with Gasteiger partial charge in [0.15, 0.2) is 0 Å². The van der Waals surface area contributed by atoms with Gasteiger partial charge in [-0.25, -0.2) is 24.3 Å². The Hall–Kier alpha value is -6.54. The van der Waals surface area contributed by atoms with E-state index in [1.54, 1.807) is 47.6 Å². The number of carbonyl (C=O) groups excluding carboxylic acids is 1. The molecule has 3 N–H and O–H groups in total. The molecule has 0 unspecified atom stereocenters. The summed E-state index contributed by atoms with van der Waals surface area (Å²) < 4.78 is 28.6. The van der Waals surface area contributed by atoms with Crippen LogP contribution in [0.25, 0.3) is 22.1 Å². The first-order chi connectivity index (χ1) is 23.0. The largest absolute Gasteiger partial charge is 0.455 e. The molecule has 2 atom stereocenters. The molecule has 0 radical (unpaired) electrons. The Morgan fingerprint density at radius 1 is 0.854 bits per heavy atom. The lowest BCUT2D eigenvalue weighted by Gasteiger charge is -2.12. The predicted octanol–water partition coefficient (Wildman–Crippen LogP) is 5.76. The van der Waals surface area contributed by atoms with Crippen LogP contribution in [0.1, 0.15) is 28.9 Å². The van der Waals surface area contributed by atoms with E-state index in [0.29, 0.717) is 51.3 Å². The molecule has 48 heavy (non-hydrogen) atoms. The number of hydrogen-bond acceptors (Lipinski definition) is 10. The van der Waals surface area contributed by atoms with Crippen LogP contribution in [0.4, 0.5) is 15.8 Å². The highest BCUT2D eigenvalue weighted by Crippen LogP contribution is 2.37. The van der Waals surface area contributed by atoms with Crippen LogP contribution in [-0.2, 0) is 18.9 Å². The van der Waals surface area contributed by atoms with Crippen molar-refractivity contribution in [1.29, 1.82) is 10.5 Å². The SMILES string of the molecule is Cc1cc(C#N)ncc1Oc1cc(N)c2ncn(C)c2c1.Cc1cc(C#N)ncc1Oc1cc(NC(=O)[C@H]2C[C@H]2F)c2ncn(C)c2c1. The molecule has 2 aromatic carbocycles. The number of amides is 1. The number of pyridine rings is 2. The molecule has 14 heteroatoms. The minimum absolute atomic E-state index is 0.253. The van der Waals surface area contributed by atoms with Crippen molar-refractivity contribution in [2.45, 2.75) is 26.4 Å². The summed E-state index contributed by atoms with van der Waals surface area (Å²) in [6, 6.07) is 14.3. The summed E-state index contributed by atoms with van der Waals surface area (Å²) >= 11 is 0. The van der Waals surface area contributed by atoms with E-state index in [4.69, 9.17) is 25.7 Å². The Balaban J connectivity index is 0.000000173. The lowest BCUT2D eigenvalue weighted by Crippen LogP contribution is -2.15. The number of nitrogen functional groups attached to an aromatic ring is 1. The summed E-state index contributed by atoms with van der Waals surface area (Å²) in [7, 11) is 3.73. The van der Waals surface area contributed by atoms with Crippen molar-refractivity contribution in [3.63, 3.8) is 0 Å². The van der Waals surface area contributed by atoms with Gasteiger partial charge in [-0.2, -0.15) is 10.5 Å². The fraction of sp³-hybridized carbons (Fsp3) is 0.206. The van der Waals surface area contributed by atoms with Crippen LogP contribution >= 0.6 is 0 Å². The van der Waals surface area contributed by atoms with Crippen LogP contribution in [0.2, 0.25) is 0 Å². The molecule has 0 saturated heterocycles. The summed E-state index contributed by atoms with van der Waals surface area (Å²) in [6.07, 6.45) is 5.54. The number of halogens is 1. The number of fused-ring (bicyclic) bond motifs is 2. The Bertz CT molecular complexity index is 2300. The quantitative estimate of drug-likeness (QED) is 0.211. The smallest absolute Gasteiger partial charge is 0.230 e. The van der Waals surface area contributed by atoms with Gasteiger partial charge in [-0.3, -0.25) is 4.79 Å². The lowest BCUT2D eigenvalue weighted by atomic mass is 10.2. The van der Waals surface area contributed by atoms with Gasteiger partial charge in [0.1, 0.15) is 63.7 Å². The molecule has 1 amide bonds. The fourth-order valence-corrected chi connectivity index (χ4v) is 4.99. The maximum absolute atomic E-state index is 13.2. The van der Waals surface area contributed by atoms with Crippen LogP contribution in [0.3, 0.4) is 0 Å². The van der Waals surface area contributed by atoms with Crippen molar-refractivity contribution < 1.29 is 18.7 Å². The summed E-state index contributed by atoms with van der Waals surface area (Å²) in [5.41, 5.74) is 12.3. The molecule has 1 aliphatic carbocycles. The molecule has 1 saturated carbocycles. The molecule has 0 spiro atoms. The number of nitriles is 2. The third-order valence-electron chi connectivity index (χ3n) is 7.75. The molecule has 1 fully saturated rings. The average Bonchev–Trinajstić information content (AvgIpc) is 3.52. The zero-order valence-electron chi connectivity index (χ0n) is 26.4. The van der Waals surface area contributed by atoms with Crippen LogP contribution in [0, 0.1) is 42.4 Å². The van der Waals surface area contributed by atoms with Gasteiger partial charge in [-0.1, -0.05) is 0 Å². The lowest BCUT2D eigenvalue weighted by molar-refractivity contribution is -0.117. The van der Waals surface area contributed by atoms with E-state index in [9.17, 15) is 9.18 Å². The van der Waals surface area contributed by atoms with E-state index >= 15 is 0 Å². The van der Waals surface area contributed by atoms with Crippen LogP contribution < -0.4 is 20.5 Å². The van der Waals surface area contributed by atoms with Crippen molar-refractivity contribution in [2.24, 2.45) is 20.0 Å². The van der Waals surface area contributed by atoms with Crippen LogP contribution in [0.5, 0.6) is 23.0 Å². The number of nitrogens with two attached hydrogens (primary N) is 1. The summed E-state index contributed by atoms with van der Waals surface area (Å²) in [4.78, 5) is 28.7. The van der Waals surface area contributed by atoms with Crippen molar-refractivity contribution in [3.8, 4) is 35.1 Å². The topological polar surface area (TPSA) is 183 Å². The number of carbonyl (C=O) groups is 1. The second-order valence-corrected chi connectivity index (χ2v) is 11.4. The third-order valence-corrected chi connectivity index (χ3v) is 7.75. The molecule has 4 aromatic heterocycles. The van der Waals surface area contributed by atoms with Gasteiger partial charge < -0.3 is 29.7 Å². The normalized spacial score (nSPS) is 14.8. The molecule has 0 aliphatic heterocycles. The van der Waals surface area contributed by atoms with Gasteiger partial charge in [-0.15, -0.1) is 0 Å². The number of nitrogens with one attached hydrogen (secondary N) is 1. The monoisotopic (exact) mass is 644 g/mol. The number of imidazole rings is 2. The molecule has 4 heterocycles. The van der Waals surface area contributed by atoms with Gasteiger partial charge in [-0.05, 0) is 43.5 Å². The van der Waals surface area contributed by atoms with E-state index in [1.165, 1.54) is 12.4 Å². The Morgan fingerprint density at radius 3 is 1.85 bits per heavy atom. The van der Waals surface area contributed by atoms with Gasteiger partial charge in [0.2, 0.25) is 5.91 Å². The van der Waals surface area contributed by atoms with Gasteiger partial charge in [0, 0.05) is 38.4 Å². The molecular weight excluding hydrogens is 615 g/mol. The van der Waals surface area contributed by atoms with Gasteiger partial charge in [0.05, 0.1) is 53.4 Å². The van der Waals surface area contributed by atoms with E-state index < -0.39 is 12.1 Å². The number of nitrogens with zero attached hydrogens (tertiary/aromatic N) is 8. The Labute approximate surface area is 274 Å². The number of hydrogen-bond donors (Lipinski definition) is 2. The minimum Gasteiger partial charge on any atom is -0.455 e.